The summed E-state index contributed by atoms with van der Waals surface area (Å²) in [7, 11) is 1.34. The number of piperidine rings is 1. The average Bonchev–Trinajstić information content (AvgIpc) is 2.25. The number of likely N-dealkylation sites (tertiary alicyclic amines) is 1. The van der Waals surface area contributed by atoms with Crippen LogP contribution in [0, 0.1) is 5.92 Å². The highest BCUT2D eigenvalue weighted by Crippen LogP contribution is 2.24. The molecule has 0 saturated carbocycles. The van der Waals surface area contributed by atoms with Crippen molar-refractivity contribution in [3.8, 4) is 0 Å². The molecule has 0 bridgehead atoms. The summed E-state index contributed by atoms with van der Waals surface area (Å²) in [6.45, 7) is 8.03. The largest absolute Gasteiger partial charge is 0.467 e. The topological polar surface area (TPSA) is 55.8 Å². The van der Waals surface area contributed by atoms with Crippen LogP contribution in [0.1, 0.15) is 40.5 Å². The summed E-state index contributed by atoms with van der Waals surface area (Å²) in [6.07, 6.45) is 1.11. The molecule has 1 rings (SSSR count). The number of nitrogens with zero attached hydrogens (tertiary/aromatic N) is 1. The predicted octanol–water partition coefficient (Wildman–Crippen LogP) is 2.20. The maximum Gasteiger partial charge on any atom is 0.411 e. The highest BCUT2D eigenvalue weighted by Gasteiger charge is 2.37. The minimum absolute atomic E-state index is 0.368. The van der Waals surface area contributed by atoms with E-state index in [0.717, 1.165) is 6.42 Å². The van der Waals surface area contributed by atoms with E-state index < -0.39 is 17.7 Å². The number of carbonyl (C=O) groups excluding carboxylic acids is 2. The van der Waals surface area contributed by atoms with Crippen LogP contribution in [0.4, 0.5) is 4.79 Å². The van der Waals surface area contributed by atoms with Crippen LogP contribution in [0.5, 0.6) is 0 Å². The van der Waals surface area contributed by atoms with Crippen LogP contribution in [0.3, 0.4) is 0 Å². The quantitative estimate of drug-likeness (QED) is 0.676. The maximum absolute atomic E-state index is 12.1. The van der Waals surface area contributed by atoms with Gasteiger partial charge in [0.15, 0.2) is 0 Å². The molecule has 1 heterocycles. The molecule has 1 amide bonds. The molecule has 1 fully saturated rings. The van der Waals surface area contributed by atoms with Crippen LogP contribution in [0.25, 0.3) is 0 Å². The molecule has 0 aliphatic carbocycles. The number of rotatable bonds is 1. The van der Waals surface area contributed by atoms with Crippen molar-refractivity contribution in [3.63, 3.8) is 0 Å². The Labute approximate surface area is 108 Å². The lowest BCUT2D eigenvalue weighted by atomic mass is 9.94. The van der Waals surface area contributed by atoms with E-state index in [2.05, 4.69) is 6.92 Å². The van der Waals surface area contributed by atoms with Crippen LogP contribution < -0.4 is 0 Å². The number of amides is 1. The number of carbonyl (C=O) groups is 2. The fourth-order valence-electron chi connectivity index (χ4n) is 2.06. The third-order valence-corrected chi connectivity index (χ3v) is 2.92. The summed E-state index contributed by atoms with van der Waals surface area (Å²) in [5, 5.41) is 0. The minimum Gasteiger partial charge on any atom is -0.467 e. The molecule has 2 unspecified atom stereocenters. The van der Waals surface area contributed by atoms with Crippen LogP contribution >= 0.6 is 0 Å². The van der Waals surface area contributed by atoms with Crippen molar-refractivity contribution < 1.29 is 19.1 Å². The fraction of sp³-hybridized carbons (Fsp3) is 0.846. The molecule has 2 atom stereocenters. The molecule has 0 radical (unpaired) electrons. The van der Waals surface area contributed by atoms with E-state index in [9.17, 15) is 9.59 Å². The monoisotopic (exact) mass is 257 g/mol. The third kappa shape index (κ3) is 3.89. The molecule has 0 aromatic rings. The Kier molecular flexibility index (Phi) is 4.59. The Morgan fingerprint density at radius 1 is 1.22 bits per heavy atom. The van der Waals surface area contributed by atoms with Crippen molar-refractivity contribution in [1.29, 1.82) is 0 Å². The molecule has 104 valence electrons. The first-order chi connectivity index (χ1) is 8.24. The molecule has 5 nitrogen and oxygen atoms in total. The van der Waals surface area contributed by atoms with E-state index in [1.807, 2.05) is 20.8 Å². The molecule has 1 saturated heterocycles. The SMILES string of the molecule is COC(=O)C1CCC(C)CN1C(=O)OC(C)(C)C. The van der Waals surface area contributed by atoms with Gasteiger partial charge in [0.2, 0.25) is 0 Å². The van der Waals surface area contributed by atoms with E-state index in [1.165, 1.54) is 12.0 Å². The van der Waals surface area contributed by atoms with E-state index >= 15 is 0 Å². The summed E-state index contributed by atoms with van der Waals surface area (Å²) < 4.78 is 10.1. The molecule has 0 N–H and O–H groups in total. The van der Waals surface area contributed by atoms with Gasteiger partial charge in [-0.1, -0.05) is 6.92 Å². The second kappa shape index (κ2) is 5.59. The van der Waals surface area contributed by atoms with Gasteiger partial charge in [-0.05, 0) is 39.5 Å². The number of methoxy groups -OCH3 is 1. The van der Waals surface area contributed by atoms with Crippen molar-refractivity contribution >= 4 is 12.1 Å². The minimum atomic E-state index is -0.557. The summed E-state index contributed by atoms with van der Waals surface area (Å²) in [6, 6.07) is -0.513. The smallest absolute Gasteiger partial charge is 0.411 e. The molecule has 0 aromatic carbocycles. The molecule has 0 spiro atoms. The van der Waals surface area contributed by atoms with E-state index in [-0.39, 0.29) is 5.97 Å². The van der Waals surface area contributed by atoms with E-state index in [0.29, 0.717) is 18.9 Å². The second-order valence-corrected chi connectivity index (χ2v) is 5.85. The summed E-state index contributed by atoms with van der Waals surface area (Å²) in [5.74, 6) is 0.00573. The lowest BCUT2D eigenvalue weighted by molar-refractivity contribution is -0.148. The molecule has 5 heteroatoms. The van der Waals surface area contributed by atoms with E-state index in [4.69, 9.17) is 9.47 Å². The van der Waals surface area contributed by atoms with Gasteiger partial charge in [0.25, 0.3) is 0 Å². The highest BCUT2D eigenvalue weighted by molar-refractivity contribution is 5.81. The van der Waals surface area contributed by atoms with Crippen molar-refractivity contribution in [2.45, 2.75) is 52.2 Å². The Hall–Kier alpha value is -1.26. The van der Waals surface area contributed by atoms with Crippen molar-refractivity contribution in [3.05, 3.63) is 0 Å². The normalized spacial score (nSPS) is 24.6. The van der Waals surface area contributed by atoms with Gasteiger partial charge in [-0.2, -0.15) is 0 Å². The van der Waals surface area contributed by atoms with Crippen LogP contribution in [-0.4, -0.2) is 42.3 Å². The zero-order chi connectivity index (χ0) is 13.9. The Morgan fingerprint density at radius 2 is 1.83 bits per heavy atom. The Bertz CT molecular complexity index is 321. The number of ether oxygens (including phenoxy) is 2. The highest BCUT2D eigenvalue weighted by atomic mass is 16.6. The summed E-state index contributed by atoms with van der Waals surface area (Å²) in [4.78, 5) is 25.3. The number of hydrogen-bond acceptors (Lipinski definition) is 4. The summed E-state index contributed by atoms with van der Waals surface area (Å²) >= 11 is 0. The zero-order valence-corrected chi connectivity index (χ0v) is 11.9. The van der Waals surface area contributed by atoms with E-state index in [1.54, 1.807) is 0 Å². The van der Waals surface area contributed by atoms with Gasteiger partial charge >= 0.3 is 12.1 Å². The van der Waals surface area contributed by atoms with Gasteiger partial charge in [0.05, 0.1) is 7.11 Å². The van der Waals surface area contributed by atoms with Gasteiger partial charge in [-0.3, -0.25) is 4.90 Å². The maximum atomic E-state index is 12.1. The molecule has 1 aliphatic heterocycles. The average molecular weight is 257 g/mol. The van der Waals surface area contributed by atoms with Crippen molar-refractivity contribution in [2.75, 3.05) is 13.7 Å². The third-order valence-electron chi connectivity index (χ3n) is 2.92. The van der Waals surface area contributed by atoms with Gasteiger partial charge in [-0.25, -0.2) is 9.59 Å². The zero-order valence-electron chi connectivity index (χ0n) is 11.9. The number of esters is 1. The van der Waals surface area contributed by atoms with Gasteiger partial charge in [0.1, 0.15) is 11.6 Å². The molecular weight excluding hydrogens is 234 g/mol. The predicted molar refractivity (Wildman–Crippen MR) is 67.1 cm³/mol. The fourth-order valence-corrected chi connectivity index (χ4v) is 2.06. The standard InChI is InChI=1S/C13H23NO4/c1-9-6-7-10(11(15)17-5)14(8-9)12(16)18-13(2,3)4/h9-10H,6-8H2,1-5H3. The first-order valence-corrected chi connectivity index (χ1v) is 6.32. The summed E-state index contributed by atoms with van der Waals surface area (Å²) in [5.41, 5.74) is -0.557. The molecular formula is C13H23NO4. The lowest BCUT2D eigenvalue weighted by Gasteiger charge is -2.37. The van der Waals surface area contributed by atoms with Crippen LogP contribution in [0.15, 0.2) is 0 Å². The Morgan fingerprint density at radius 3 is 2.33 bits per heavy atom. The van der Waals surface area contributed by atoms with Crippen LogP contribution in [0.2, 0.25) is 0 Å². The first kappa shape index (κ1) is 14.8. The van der Waals surface area contributed by atoms with Crippen molar-refractivity contribution in [1.82, 2.24) is 4.90 Å². The molecule has 1 aliphatic rings. The molecule has 18 heavy (non-hydrogen) atoms. The van der Waals surface area contributed by atoms with Crippen molar-refractivity contribution in [2.24, 2.45) is 5.92 Å². The first-order valence-electron chi connectivity index (χ1n) is 6.32. The van der Waals surface area contributed by atoms with Gasteiger partial charge in [0, 0.05) is 6.54 Å². The van der Waals surface area contributed by atoms with Gasteiger partial charge < -0.3 is 9.47 Å². The van der Waals surface area contributed by atoms with Gasteiger partial charge in [-0.15, -0.1) is 0 Å². The molecule has 0 aromatic heterocycles. The second-order valence-electron chi connectivity index (χ2n) is 5.85. The lowest BCUT2D eigenvalue weighted by Crippen LogP contribution is -2.52. The van der Waals surface area contributed by atoms with Crippen LogP contribution in [-0.2, 0) is 14.3 Å². The number of hydrogen-bond donors (Lipinski definition) is 0. The Balaban J connectivity index is 2.78.